The van der Waals surface area contributed by atoms with Crippen molar-refractivity contribution in [3.05, 3.63) is 59.6 Å². The van der Waals surface area contributed by atoms with Crippen LogP contribution in [0, 0.1) is 17.0 Å². The molecule has 5 nitrogen and oxygen atoms in total. The number of hydrogen-bond acceptors (Lipinski definition) is 3. The second-order valence-electron chi connectivity index (χ2n) is 7.31. The van der Waals surface area contributed by atoms with E-state index in [4.69, 9.17) is 4.42 Å². The van der Waals surface area contributed by atoms with Gasteiger partial charge in [0.15, 0.2) is 17.4 Å². The number of carbonyl (C=O) groups excluding carboxylic acids is 2. The van der Waals surface area contributed by atoms with Crippen LogP contribution in [0.2, 0.25) is 0 Å². The standard InChI is InChI=1S/C20H20F2N2O3/c21-15-5-4-14(11-16(15)22)12-23-8-2-6-20(19(23)26)7-9-24(13-20)18(25)17-3-1-10-27-17/h1,3-5,10-11H,2,6-9,12-13H2. The Hall–Kier alpha value is -2.70. The molecule has 2 aliphatic rings. The predicted molar refractivity (Wildman–Crippen MR) is 92.7 cm³/mol. The third kappa shape index (κ3) is 3.22. The van der Waals surface area contributed by atoms with Crippen molar-refractivity contribution in [2.75, 3.05) is 19.6 Å². The number of benzene rings is 1. The van der Waals surface area contributed by atoms with Gasteiger partial charge >= 0.3 is 0 Å². The minimum absolute atomic E-state index is 0.0202. The summed E-state index contributed by atoms with van der Waals surface area (Å²) in [6, 6.07) is 6.98. The maximum Gasteiger partial charge on any atom is 0.289 e. The van der Waals surface area contributed by atoms with Gasteiger partial charge in [0, 0.05) is 26.2 Å². The lowest BCUT2D eigenvalue weighted by molar-refractivity contribution is -0.146. The molecule has 1 atom stereocenters. The lowest BCUT2D eigenvalue weighted by Gasteiger charge is -2.39. The van der Waals surface area contributed by atoms with Gasteiger partial charge in [-0.25, -0.2) is 8.78 Å². The molecule has 7 heteroatoms. The van der Waals surface area contributed by atoms with Crippen LogP contribution < -0.4 is 0 Å². The van der Waals surface area contributed by atoms with Gasteiger partial charge in [-0.05, 0) is 49.1 Å². The monoisotopic (exact) mass is 374 g/mol. The summed E-state index contributed by atoms with van der Waals surface area (Å²) in [5.74, 6) is -1.77. The summed E-state index contributed by atoms with van der Waals surface area (Å²) in [6.45, 7) is 1.68. The predicted octanol–water partition coefficient (Wildman–Crippen LogP) is 3.21. The lowest BCUT2D eigenvalue weighted by Crippen LogP contribution is -2.50. The largest absolute Gasteiger partial charge is 0.459 e. The van der Waals surface area contributed by atoms with Gasteiger partial charge in [-0.1, -0.05) is 6.07 Å². The highest BCUT2D eigenvalue weighted by Gasteiger charge is 2.49. The Morgan fingerprint density at radius 1 is 1.15 bits per heavy atom. The lowest BCUT2D eigenvalue weighted by atomic mass is 9.78. The molecular weight excluding hydrogens is 354 g/mol. The summed E-state index contributed by atoms with van der Waals surface area (Å²) in [5.41, 5.74) is -0.0418. The van der Waals surface area contributed by atoms with Crippen molar-refractivity contribution in [3.63, 3.8) is 0 Å². The normalized spacial score (nSPS) is 22.7. The average molecular weight is 374 g/mol. The molecule has 1 aromatic carbocycles. The first kappa shape index (κ1) is 17.7. The van der Waals surface area contributed by atoms with E-state index in [2.05, 4.69) is 0 Å². The molecule has 2 fully saturated rings. The first-order valence-electron chi connectivity index (χ1n) is 9.05. The first-order valence-corrected chi connectivity index (χ1v) is 9.05. The van der Waals surface area contributed by atoms with Gasteiger partial charge in [0.25, 0.3) is 5.91 Å². The van der Waals surface area contributed by atoms with E-state index in [0.717, 1.165) is 25.0 Å². The highest BCUT2D eigenvalue weighted by Crippen LogP contribution is 2.41. The Kier molecular flexibility index (Phi) is 4.45. The molecule has 3 heterocycles. The van der Waals surface area contributed by atoms with Gasteiger partial charge in [-0.3, -0.25) is 9.59 Å². The zero-order valence-electron chi connectivity index (χ0n) is 14.8. The summed E-state index contributed by atoms with van der Waals surface area (Å²) in [4.78, 5) is 29.0. The molecule has 0 aliphatic carbocycles. The molecule has 2 amide bonds. The molecule has 4 rings (SSSR count). The van der Waals surface area contributed by atoms with Crippen LogP contribution in [0.5, 0.6) is 0 Å². The van der Waals surface area contributed by atoms with Crippen LogP contribution in [0.1, 0.15) is 35.4 Å². The summed E-state index contributed by atoms with van der Waals surface area (Å²) in [6.07, 6.45) is 3.60. The first-order chi connectivity index (χ1) is 13.0. The van der Waals surface area contributed by atoms with E-state index in [-0.39, 0.29) is 24.1 Å². The third-order valence-corrected chi connectivity index (χ3v) is 5.55. The Labute approximate surface area is 155 Å². The highest BCUT2D eigenvalue weighted by molar-refractivity contribution is 5.93. The number of halogens is 2. The van der Waals surface area contributed by atoms with Gasteiger partial charge in [0.05, 0.1) is 11.7 Å². The summed E-state index contributed by atoms with van der Waals surface area (Å²) in [5, 5.41) is 0. The van der Waals surface area contributed by atoms with Crippen molar-refractivity contribution in [2.24, 2.45) is 5.41 Å². The van der Waals surface area contributed by atoms with Crippen LogP contribution >= 0.6 is 0 Å². The maximum atomic E-state index is 13.5. The second kappa shape index (κ2) is 6.79. The molecule has 2 aromatic rings. The van der Waals surface area contributed by atoms with Gasteiger partial charge in [-0.2, -0.15) is 0 Å². The van der Waals surface area contributed by atoms with Crippen molar-refractivity contribution in [1.82, 2.24) is 9.80 Å². The third-order valence-electron chi connectivity index (χ3n) is 5.55. The van der Waals surface area contributed by atoms with E-state index in [9.17, 15) is 18.4 Å². The fraction of sp³-hybridized carbons (Fsp3) is 0.400. The summed E-state index contributed by atoms with van der Waals surface area (Å²) in [7, 11) is 0. The fourth-order valence-corrected chi connectivity index (χ4v) is 4.14. The maximum absolute atomic E-state index is 13.5. The van der Waals surface area contributed by atoms with Crippen molar-refractivity contribution in [2.45, 2.75) is 25.8 Å². The molecule has 0 saturated carbocycles. The van der Waals surface area contributed by atoms with Crippen molar-refractivity contribution in [1.29, 1.82) is 0 Å². The van der Waals surface area contributed by atoms with Crippen LogP contribution in [-0.4, -0.2) is 41.2 Å². The van der Waals surface area contributed by atoms with E-state index in [1.807, 2.05) is 0 Å². The Bertz CT molecular complexity index is 868. The molecule has 0 radical (unpaired) electrons. The van der Waals surface area contributed by atoms with Gasteiger partial charge < -0.3 is 14.2 Å². The molecule has 2 saturated heterocycles. The fourth-order valence-electron chi connectivity index (χ4n) is 4.14. The van der Waals surface area contributed by atoms with E-state index in [1.54, 1.807) is 21.9 Å². The molecule has 1 spiro atoms. The van der Waals surface area contributed by atoms with Crippen LogP contribution in [0.4, 0.5) is 8.78 Å². The Morgan fingerprint density at radius 3 is 2.74 bits per heavy atom. The number of piperidine rings is 1. The number of amides is 2. The van der Waals surface area contributed by atoms with Crippen molar-refractivity contribution >= 4 is 11.8 Å². The zero-order chi connectivity index (χ0) is 19.0. The van der Waals surface area contributed by atoms with Crippen molar-refractivity contribution < 1.29 is 22.8 Å². The van der Waals surface area contributed by atoms with Crippen LogP contribution in [0.3, 0.4) is 0 Å². The van der Waals surface area contributed by atoms with E-state index in [0.29, 0.717) is 31.6 Å². The minimum Gasteiger partial charge on any atom is -0.459 e. The molecule has 27 heavy (non-hydrogen) atoms. The van der Waals surface area contributed by atoms with E-state index in [1.165, 1.54) is 12.3 Å². The molecule has 2 aliphatic heterocycles. The Balaban J connectivity index is 1.48. The van der Waals surface area contributed by atoms with Crippen molar-refractivity contribution in [3.8, 4) is 0 Å². The second-order valence-corrected chi connectivity index (χ2v) is 7.31. The molecule has 142 valence electrons. The smallest absolute Gasteiger partial charge is 0.289 e. The summed E-state index contributed by atoms with van der Waals surface area (Å²) < 4.78 is 31.8. The molecule has 0 N–H and O–H groups in total. The number of rotatable bonds is 3. The molecular formula is C20H20F2N2O3. The number of nitrogens with zero attached hydrogens (tertiary/aromatic N) is 2. The number of furan rings is 1. The molecule has 1 aromatic heterocycles. The van der Waals surface area contributed by atoms with Gasteiger partial charge in [0.1, 0.15) is 0 Å². The minimum atomic E-state index is -0.914. The topological polar surface area (TPSA) is 53.8 Å². The van der Waals surface area contributed by atoms with Gasteiger partial charge in [0.2, 0.25) is 5.91 Å². The molecule has 1 unspecified atom stereocenters. The summed E-state index contributed by atoms with van der Waals surface area (Å²) >= 11 is 0. The highest BCUT2D eigenvalue weighted by atomic mass is 19.2. The zero-order valence-corrected chi connectivity index (χ0v) is 14.8. The van der Waals surface area contributed by atoms with E-state index >= 15 is 0 Å². The van der Waals surface area contributed by atoms with Gasteiger partial charge in [-0.15, -0.1) is 0 Å². The van der Waals surface area contributed by atoms with E-state index < -0.39 is 17.0 Å². The Morgan fingerprint density at radius 2 is 2.00 bits per heavy atom. The quantitative estimate of drug-likeness (QED) is 0.829. The van der Waals surface area contributed by atoms with Crippen LogP contribution in [0.15, 0.2) is 41.0 Å². The van der Waals surface area contributed by atoms with Crippen LogP contribution in [-0.2, 0) is 11.3 Å². The average Bonchev–Trinajstić information content (AvgIpc) is 3.33. The van der Waals surface area contributed by atoms with Crippen LogP contribution in [0.25, 0.3) is 0 Å². The number of hydrogen-bond donors (Lipinski definition) is 0. The molecule has 0 bridgehead atoms. The number of likely N-dealkylation sites (tertiary alicyclic amines) is 2. The SMILES string of the molecule is O=C(c1ccco1)N1CCC2(CCCN(Cc3ccc(F)c(F)c3)C2=O)C1. The number of carbonyl (C=O) groups is 2.